The third kappa shape index (κ3) is 1.91. The van der Waals surface area contributed by atoms with Crippen molar-refractivity contribution < 1.29 is 0 Å². The predicted octanol–water partition coefficient (Wildman–Crippen LogP) is -1.39. The Morgan fingerprint density at radius 3 is 2.33 bits per heavy atom. The summed E-state index contributed by atoms with van der Waals surface area (Å²) in [6.07, 6.45) is 0. The van der Waals surface area contributed by atoms with Crippen molar-refractivity contribution in [3.05, 3.63) is 0 Å². The SMILES string of the molecule is CN(N)N1CCNCC1. The quantitative estimate of drug-likeness (QED) is 0.339. The van der Waals surface area contributed by atoms with Crippen molar-refractivity contribution in [2.45, 2.75) is 0 Å². The molecule has 1 rings (SSSR count). The molecule has 0 aromatic carbocycles. The first kappa shape index (κ1) is 6.95. The van der Waals surface area contributed by atoms with E-state index in [-0.39, 0.29) is 0 Å². The number of piperazine rings is 1. The van der Waals surface area contributed by atoms with Crippen molar-refractivity contribution in [2.24, 2.45) is 5.84 Å². The molecule has 0 atom stereocenters. The van der Waals surface area contributed by atoms with E-state index in [1.54, 1.807) is 5.12 Å². The Kier molecular flexibility index (Phi) is 2.41. The van der Waals surface area contributed by atoms with Crippen LogP contribution in [-0.4, -0.2) is 43.4 Å². The molecule has 0 aromatic rings. The van der Waals surface area contributed by atoms with Crippen LogP contribution in [0.15, 0.2) is 0 Å². The first-order valence-corrected chi connectivity index (χ1v) is 3.24. The Hall–Kier alpha value is -0.160. The van der Waals surface area contributed by atoms with Gasteiger partial charge in [0.1, 0.15) is 0 Å². The molecule has 1 aliphatic heterocycles. The van der Waals surface area contributed by atoms with Gasteiger partial charge in [0, 0.05) is 33.2 Å². The van der Waals surface area contributed by atoms with Gasteiger partial charge in [0.2, 0.25) is 0 Å². The monoisotopic (exact) mass is 130 g/mol. The molecule has 1 heterocycles. The summed E-state index contributed by atoms with van der Waals surface area (Å²) in [5.74, 6) is 5.50. The molecule has 0 saturated carbocycles. The zero-order chi connectivity index (χ0) is 6.69. The summed E-state index contributed by atoms with van der Waals surface area (Å²) in [6.45, 7) is 4.13. The molecule has 0 aromatic heterocycles. The molecule has 3 N–H and O–H groups in total. The molecule has 9 heavy (non-hydrogen) atoms. The van der Waals surface area contributed by atoms with E-state index in [0.29, 0.717) is 0 Å². The molecule has 4 heteroatoms. The third-order valence-electron chi connectivity index (χ3n) is 1.54. The fourth-order valence-corrected chi connectivity index (χ4v) is 0.969. The van der Waals surface area contributed by atoms with E-state index in [1.165, 1.54) is 0 Å². The average Bonchev–Trinajstić information content (AvgIpc) is 1.90. The first-order valence-electron chi connectivity index (χ1n) is 3.24. The smallest absolute Gasteiger partial charge is 0.0272 e. The second-order valence-corrected chi connectivity index (χ2v) is 2.28. The Morgan fingerprint density at radius 2 is 2.00 bits per heavy atom. The zero-order valence-corrected chi connectivity index (χ0v) is 5.80. The van der Waals surface area contributed by atoms with Crippen LogP contribution in [0.3, 0.4) is 0 Å². The van der Waals surface area contributed by atoms with Gasteiger partial charge in [0.15, 0.2) is 0 Å². The largest absolute Gasteiger partial charge is 0.314 e. The van der Waals surface area contributed by atoms with Crippen molar-refractivity contribution in [1.29, 1.82) is 0 Å². The summed E-state index contributed by atoms with van der Waals surface area (Å²) in [6, 6.07) is 0. The molecule has 4 nitrogen and oxygen atoms in total. The van der Waals surface area contributed by atoms with E-state index < -0.39 is 0 Å². The summed E-state index contributed by atoms with van der Waals surface area (Å²) in [5, 5.41) is 7.01. The van der Waals surface area contributed by atoms with Crippen LogP contribution in [-0.2, 0) is 0 Å². The summed E-state index contributed by atoms with van der Waals surface area (Å²) < 4.78 is 0. The van der Waals surface area contributed by atoms with E-state index in [4.69, 9.17) is 5.84 Å². The highest BCUT2D eigenvalue weighted by Gasteiger charge is 2.10. The normalized spacial score (nSPS) is 23.0. The minimum absolute atomic E-state index is 1.02. The molecule has 1 saturated heterocycles. The van der Waals surface area contributed by atoms with Gasteiger partial charge >= 0.3 is 0 Å². The van der Waals surface area contributed by atoms with Gasteiger partial charge < -0.3 is 5.32 Å². The molecular weight excluding hydrogens is 116 g/mol. The third-order valence-corrected chi connectivity index (χ3v) is 1.54. The highest BCUT2D eigenvalue weighted by atomic mass is 15.7. The topological polar surface area (TPSA) is 44.5 Å². The van der Waals surface area contributed by atoms with Crippen LogP contribution in [0.4, 0.5) is 0 Å². The van der Waals surface area contributed by atoms with Crippen molar-refractivity contribution in [2.75, 3.05) is 33.2 Å². The lowest BCUT2D eigenvalue weighted by Gasteiger charge is -2.31. The van der Waals surface area contributed by atoms with Crippen LogP contribution >= 0.6 is 0 Å². The fraction of sp³-hybridized carbons (Fsp3) is 1.00. The lowest BCUT2D eigenvalue weighted by molar-refractivity contribution is -0.0112. The average molecular weight is 130 g/mol. The standard InChI is InChI=1S/C5H14N4/c1-8(6)9-4-2-7-3-5-9/h7H,2-6H2,1H3. The van der Waals surface area contributed by atoms with E-state index in [1.807, 2.05) is 7.05 Å². The predicted molar refractivity (Wildman–Crippen MR) is 36.4 cm³/mol. The summed E-state index contributed by atoms with van der Waals surface area (Å²) in [4.78, 5) is 0. The van der Waals surface area contributed by atoms with Gasteiger partial charge in [-0.1, -0.05) is 0 Å². The molecule has 1 aliphatic rings. The van der Waals surface area contributed by atoms with Crippen LogP contribution in [0.2, 0.25) is 0 Å². The minimum atomic E-state index is 1.02. The molecule has 0 aliphatic carbocycles. The maximum Gasteiger partial charge on any atom is 0.0272 e. The molecule has 0 bridgehead atoms. The van der Waals surface area contributed by atoms with Crippen LogP contribution in [0.1, 0.15) is 0 Å². The highest BCUT2D eigenvalue weighted by molar-refractivity contribution is 4.62. The number of nitrogens with zero attached hydrogens (tertiary/aromatic N) is 2. The minimum Gasteiger partial charge on any atom is -0.314 e. The molecule has 0 radical (unpaired) electrons. The molecule has 0 spiro atoms. The van der Waals surface area contributed by atoms with Gasteiger partial charge in [-0.05, 0) is 0 Å². The maximum absolute atomic E-state index is 5.50. The second-order valence-electron chi connectivity index (χ2n) is 2.28. The number of nitrogens with one attached hydrogen (secondary N) is 1. The van der Waals surface area contributed by atoms with Gasteiger partial charge in [0.25, 0.3) is 0 Å². The number of hydrogen-bond donors (Lipinski definition) is 2. The van der Waals surface area contributed by atoms with E-state index >= 15 is 0 Å². The number of nitrogens with two attached hydrogens (primary N) is 1. The van der Waals surface area contributed by atoms with Gasteiger partial charge in [-0.3, -0.25) is 5.84 Å². The lowest BCUT2D eigenvalue weighted by atomic mass is 10.4. The van der Waals surface area contributed by atoms with Gasteiger partial charge in [-0.2, -0.15) is 5.12 Å². The van der Waals surface area contributed by atoms with Crippen LogP contribution in [0.25, 0.3) is 0 Å². The number of rotatable bonds is 1. The van der Waals surface area contributed by atoms with E-state index in [2.05, 4.69) is 10.3 Å². The molecular formula is C5H14N4. The van der Waals surface area contributed by atoms with Crippen LogP contribution in [0, 0.1) is 0 Å². The summed E-state index contributed by atoms with van der Waals surface area (Å²) in [7, 11) is 1.87. The maximum atomic E-state index is 5.50. The summed E-state index contributed by atoms with van der Waals surface area (Å²) >= 11 is 0. The van der Waals surface area contributed by atoms with Crippen LogP contribution < -0.4 is 11.2 Å². The van der Waals surface area contributed by atoms with Crippen molar-refractivity contribution in [3.8, 4) is 0 Å². The molecule has 1 fully saturated rings. The Labute approximate surface area is 55.5 Å². The van der Waals surface area contributed by atoms with E-state index in [0.717, 1.165) is 26.2 Å². The van der Waals surface area contributed by atoms with Crippen molar-refractivity contribution in [1.82, 2.24) is 15.4 Å². The molecule has 0 amide bonds. The molecule has 54 valence electrons. The Morgan fingerprint density at radius 1 is 1.44 bits per heavy atom. The Balaban J connectivity index is 2.23. The lowest BCUT2D eigenvalue weighted by Crippen LogP contribution is -2.53. The summed E-state index contributed by atoms with van der Waals surface area (Å²) in [5.41, 5.74) is 0. The van der Waals surface area contributed by atoms with Gasteiger partial charge in [-0.25, -0.2) is 5.01 Å². The first-order chi connectivity index (χ1) is 4.30. The molecule has 0 unspecified atom stereocenters. The van der Waals surface area contributed by atoms with Crippen molar-refractivity contribution >= 4 is 0 Å². The zero-order valence-electron chi connectivity index (χ0n) is 5.80. The van der Waals surface area contributed by atoms with Crippen molar-refractivity contribution in [3.63, 3.8) is 0 Å². The Bertz CT molecular complexity index is 77.0. The van der Waals surface area contributed by atoms with Crippen LogP contribution in [0.5, 0.6) is 0 Å². The van der Waals surface area contributed by atoms with Gasteiger partial charge in [-0.15, -0.1) is 0 Å². The van der Waals surface area contributed by atoms with Gasteiger partial charge in [0.05, 0.1) is 0 Å². The second kappa shape index (κ2) is 3.12. The number of hydrogen-bond acceptors (Lipinski definition) is 4. The number of hydrazine groups is 2. The highest BCUT2D eigenvalue weighted by Crippen LogP contribution is 1.90. The fourth-order valence-electron chi connectivity index (χ4n) is 0.969. The van der Waals surface area contributed by atoms with E-state index in [9.17, 15) is 0 Å².